The van der Waals surface area contributed by atoms with Crippen LogP contribution >= 0.6 is 0 Å². The molecule has 0 bridgehead atoms. The number of benzene rings is 1. The number of amides is 1. The van der Waals surface area contributed by atoms with Gasteiger partial charge in [0, 0.05) is 6.54 Å². The van der Waals surface area contributed by atoms with E-state index in [1.165, 1.54) is 6.07 Å². The molecule has 2 nitrogen and oxygen atoms in total. The zero-order valence-electron chi connectivity index (χ0n) is 11.7. The first-order valence-corrected chi connectivity index (χ1v) is 7.16. The first kappa shape index (κ1) is 12.6. The Labute approximate surface area is 113 Å². The van der Waals surface area contributed by atoms with Crippen LogP contribution in [0.5, 0.6) is 0 Å². The number of halogens is 1. The summed E-state index contributed by atoms with van der Waals surface area (Å²) in [5.74, 6) is 0.405. The Hall–Kier alpha value is -1.38. The van der Waals surface area contributed by atoms with Gasteiger partial charge in [-0.25, -0.2) is 4.39 Å². The summed E-state index contributed by atoms with van der Waals surface area (Å²) in [6, 6.07) is 5.14. The highest BCUT2D eigenvalue weighted by Gasteiger charge is 2.59. The van der Waals surface area contributed by atoms with E-state index in [0.717, 1.165) is 18.4 Å². The monoisotopic (exact) mass is 261 g/mol. The Balaban J connectivity index is 2.30. The van der Waals surface area contributed by atoms with Crippen LogP contribution in [0.2, 0.25) is 0 Å². The van der Waals surface area contributed by atoms with Gasteiger partial charge in [0.2, 0.25) is 5.91 Å². The molecule has 1 aromatic rings. The molecule has 2 aliphatic rings. The number of likely N-dealkylation sites (N-methyl/N-ethyl adjacent to an activating group) is 1. The maximum atomic E-state index is 14.2. The van der Waals surface area contributed by atoms with Crippen molar-refractivity contribution in [2.75, 3.05) is 11.4 Å². The summed E-state index contributed by atoms with van der Waals surface area (Å²) in [7, 11) is 0. The van der Waals surface area contributed by atoms with Crippen LogP contribution < -0.4 is 4.90 Å². The Morgan fingerprint density at radius 1 is 1.32 bits per heavy atom. The molecule has 0 radical (unpaired) electrons. The van der Waals surface area contributed by atoms with Gasteiger partial charge >= 0.3 is 0 Å². The van der Waals surface area contributed by atoms with Crippen LogP contribution in [0.1, 0.15) is 39.2 Å². The van der Waals surface area contributed by atoms with Crippen molar-refractivity contribution >= 4 is 11.6 Å². The number of hydrogen-bond donors (Lipinski definition) is 0. The second-order valence-corrected chi connectivity index (χ2v) is 5.93. The molecule has 3 heteroatoms. The number of nitrogens with zero attached hydrogens (tertiary/aromatic N) is 1. The lowest BCUT2D eigenvalue weighted by Crippen LogP contribution is -2.45. The Morgan fingerprint density at radius 2 is 1.95 bits per heavy atom. The summed E-state index contributed by atoms with van der Waals surface area (Å²) >= 11 is 0. The molecule has 0 saturated heterocycles. The molecule has 19 heavy (non-hydrogen) atoms. The number of fused-ring (bicyclic) bond motifs is 2. The van der Waals surface area contributed by atoms with Crippen LogP contribution in [0.4, 0.5) is 10.1 Å². The van der Waals surface area contributed by atoms with E-state index in [4.69, 9.17) is 0 Å². The van der Waals surface area contributed by atoms with Crippen molar-refractivity contribution in [3.05, 3.63) is 29.6 Å². The third kappa shape index (κ3) is 1.33. The molecule has 1 amide bonds. The second kappa shape index (κ2) is 4.06. The fourth-order valence-corrected chi connectivity index (χ4v) is 4.26. The number of hydrogen-bond acceptors (Lipinski definition) is 1. The summed E-state index contributed by atoms with van der Waals surface area (Å²) in [6.07, 6.45) is 2.08. The number of carbonyl (C=O) groups is 1. The minimum atomic E-state index is -0.493. The van der Waals surface area contributed by atoms with Gasteiger partial charge in [-0.1, -0.05) is 26.0 Å². The van der Waals surface area contributed by atoms with Gasteiger partial charge in [0.15, 0.2) is 0 Å². The van der Waals surface area contributed by atoms with E-state index in [1.54, 1.807) is 11.0 Å². The third-order valence-electron chi connectivity index (χ3n) is 5.20. The van der Waals surface area contributed by atoms with E-state index in [-0.39, 0.29) is 23.6 Å². The van der Waals surface area contributed by atoms with E-state index < -0.39 is 5.41 Å². The number of para-hydroxylation sites is 1. The van der Waals surface area contributed by atoms with Crippen molar-refractivity contribution in [2.24, 2.45) is 11.8 Å². The number of anilines is 1. The second-order valence-electron chi connectivity index (χ2n) is 5.93. The molecule has 0 aromatic heterocycles. The van der Waals surface area contributed by atoms with Crippen LogP contribution in [-0.4, -0.2) is 12.5 Å². The number of carbonyl (C=O) groups excluding carboxylic acids is 1. The van der Waals surface area contributed by atoms with Crippen LogP contribution in [0, 0.1) is 17.7 Å². The smallest absolute Gasteiger partial charge is 0.238 e. The van der Waals surface area contributed by atoms with Gasteiger partial charge in [0.1, 0.15) is 5.82 Å². The number of rotatable bonds is 1. The maximum absolute atomic E-state index is 14.2. The normalized spacial score (nSPS) is 33.3. The van der Waals surface area contributed by atoms with E-state index in [2.05, 4.69) is 13.8 Å². The quantitative estimate of drug-likeness (QED) is 0.757. The third-order valence-corrected chi connectivity index (χ3v) is 5.20. The molecule has 102 valence electrons. The maximum Gasteiger partial charge on any atom is 0.238 e. The van der Waals surface area contributed by atoms with Crippen molar-refractivity contribution in [2.45, 2.75) is 39.0 Å². The van der Waals surface area contributed by atoms with Gasteiger partial charge in [-0.3, -0.25) is 4.79 Å². The highest BCUT2D eigenvalue weighted by molar-refractivity contribution is 6.09. The van der Waals surface area contributed by atoms with Crippen molar-refractivity contribution < 1.29 is 9.18 Å². The lowest BCUT2D eigenvalue weighted by molar-refractivity contribution is -0.125. The van der Waals surface area contributed by atoms with Crippen LogP contribution in [0.25, 0.3) is 0 Å². The summed E-state index contributed by atoms with van der Waals surface area (Å²) in [5, 5.41) is 0. The predicted molar refractivity (Wildman–Crippen MR) is 73.7 cm³/mol. The van der Waals surface area contributed by atoms with Gasteiger partial charge in [0.05, 0.1) is 11.1 Å². The molecule has 1 fully saturated rings. The fraction of sp³-hybridized carbons (Fsp3) is 0.562. The standard InChI is InChI=1S/C16H20FNO/c1-4-18-14-12(6-5-7-13(14)17)16(15(18)19)10(2)8-9-11(16)3/h5-7,10-11H,4,8-9H2,1-3H3. The minimum Gasteiger partial charge on any atom is -0.309 e. The molecule has 1 aliphatic carbocycles. The van der Waals surface area contributed by atoms with Crippen molar-refractivity contribution in [1.29, 1.82) is 0 Å². The Morgan fingerprint density at radius 3 is 2.53 bits per heavy atom. The zero-order chi connectivity index (χ0) is 13.8. The first-order chi connectivity index (χ1) is 9.05. The van der Waals surface area contributed by atoms with Gasteiger partial charge in [0.25, 0.3) is 0 Å². The van der Waals surface area contributed by atoms with Crippen LogP contribution in [0.15, 0.2) is 18.2 Å². The van der Waals surface area contributed by atoms with Gasteiger partial charge < -0.3 is 4.90 Å². The Kier molecular flexibility index (Phi) is 2.70. The summed E-state index contributed by atoms with van der Waals surface area (Å²) < 4.78 is 14.2. The first-order valence-electron chi connectivity index (χ1n) is 7.16. The molecule has 2 unspecified atom stereocenters. The van der Waals surface area contributed by atoms with Crippen molar-refractivity contribution in [1.82, 2.24) is 0 Å². The summed E-state index contributed by atoms with van der Waals surface area (Å²) in [4.78, 5) is 14.6. The molecule has 0 N–H and O–H groups in total. The largest absolute Gasteiger partial charge is 0.309 e. The molecule has 1 aliphatic heterocycles. The molecule has 1 heterocycles. The lowest BCUT2D eigenvalue weighted by Gasteiger charge is -2.32. The molecule has 1 saturated carbocycles. The van der Waals surface area contributed by atoms with Crippen molar-refractivity contribution in [3.8, 4) is 0 Å². The fourth-order valence-electron chi connectivity index (χ4n) is 4.26. The highest BCUT2D eigenvalue weighted by Crippen LogP contribution is 2.57. The lowest BCUT2D eigenvalue weighted by atomic mass is 9.69. The average molecular weight is 261 g/mol. The van der Waals surface area contributed by atoms with E-state index >= 15 is 0 Å². The van der Waals surface area contributed by atoms with E-state index in [0.29, 0.717) is 12.2 Å². The predicted octanol–water partition coefficient (Wildman–Crippen LogP) is 3.50. The van der Waals surface area contributed by atoms with Crippen LogP contribution in [0.3, 0.4) is 0 Å². The zero-order valence-corrected chi connectivity index (χ0v) is 11.7. The molecular weight excluding hydrogens is 241 g/mol. The van der Waals surface area contributed by atoms with E-state index in [9.17, 15) is 9.18 Å². The van der Waals surface area contributed by atoms with Gasteiger partial charge in [-0.05, 0) is 43.2 Å². The van der Waals surface area contributed by atoms with E-state index in [1.807, 2.05) is 13.0 Å². The SMILES string of the molecule is CCN1C(=O)C2(c3cccc(F)c31)C(C)CCC2C. The van der Waals surface area contributed by atoms with Crippen LogP contribution in [-0.2, 0) is 10.2 Å². The average Bonchev–Trinajstić information content (AvgIpc) is 2.82. The Bertz CT molecular complexity index is 530. The molecule has 1 aromatic carbocycles. The summed E-state index contributed by atoms with van der Waals surface area (Å²) in [5.41, 5.74) is 0.945. The molecular formula is C16H20FNO. The van der Waals surface area contributed by atoms with Gasteiger partial charge in [-0.15, -0.1) is 0 Å². The molecule has 3 rings (SSSR count). The van der Waals surface area contributed by atoms with Gasteiger partial charge in [-0.2, -0.15) is 0 Å². The topological polar surface area (TPSA) is 20.3 Å². The highest BCUT2D eigenvalue weighted by atomic mass is 19.1. The minimum absolute atomic E-state index is 0.104. The molecule has 1 spiro atoms. The van der Waals surface area contributed by atoms with Crippen molar-refractivity contribution in [3.63, 3.8) is 0 Å². The molecule has 2 atom stereocenters. The summed E-state index contributed by atoms with van der Waals surface area (Å²) in [6.45, 7) is 6.72.